The maximum Gasteiger partial charge on any atom is 0.240 e. The molecule has 1 fully saturated rings. The highest BCUT2D eigenvalue weighted by atomic mass is 79.9. The van der Waals surface area contributed by atoms with E-state index in [9.17, 15) is 8.42 Å². The summed E-state index contributed by atoms with van der Waals surface area (Å²) >= 11 is 8.63. The number of fused-ring (bicyclic) bond motifs is 1. The summed E-state index contributed by atoms with van der Waals surface area (Å²) in [5.41, 5.74) is 4.23. The zero-order valence-corrected chi connectivity index (χ0v) is 20.3. The number of halogens is 2. The number of imidazole rings is 1. The standard InChI is InChI=1S/C20H16Br2N4O2S2/c21-15-5-6-16-19(18(15)22)25-20(23-16)24-17-9-13(30(27,28)26-12-1-2-12)3-4-14(17)11-7-8-29-10-11/h3-10,12,26H,1-2H2,(H2,23,24,25). The quantitative estimate of drug-likeness (QED) is 0.267. The third kappa shape index (κ3) is 3.94. The summed E-state index contributed by atoms with van der Waals surface area (Å²) in [5, 5.41) is 7.31. The number of nitrogens with one attached hydrogen (secondary N) is 3. The normalized spacial score (nSPS) is 14.3. The van der Waals surface area contributed by atoms with Crippen molar-refractivity contribution >= 4 is 75.9 Å². The molecule has 4 aromatic rings. The van der Waals surface area contributed by atoms with Gasteiger partial charge in [-0.1, -0.05) is 6.07 Å². The Morgan fingerprint density at radius 3 is 2.70 bits per heavy atom. The minimum Gasteiger partial charge on any atom is -0.325 e. The largest absolute Gasteiger partial charge is 0.325 e. The van der Waals surface area contributed by atoms with Gasteiger partial charge in [0, 0.05) is 16.1 Å². The van der Waals surface area contributed by atoms with E-state index < -0.39 is 10.0 Å². The molecule has 0 unspecified atom stereocenters. The molecule has 154 valence electrons. The molecule has 0 spiro atoms. The molecule has 10 heteroatoms. The van der Waals surface area contributed by atoms with Crippen molar-refractivity contribution in [2.45, 2.75) is 23.8 Å². The second kappa shape index (κ2) is 7.76. The Morgan fingerprint density at radius 1 is 1.13 bits per heavy atom. The number of nitrogens with zero attached hydrogens (tertiary/aromatic N) is 1. The molecule has 3 N–H and O–H groups in total. The number of hydrogen-bond donors (Lipinski definition) is 3. The van der Waals surface area contributed by atoms with Crippen molar-refractivity contribution in [3.63, 3.8) is 0 Å². The topological polar surface area (TPSA) is 86.9 Å². The molecule has 1 aliphatic rings. The Morgan fingerprint density at radius 2 is 1.97 bits per heavy atom. The minimum absolute atomic E-state index is 0.0501. The van der Waals surface area contributed by atoms with Gasteiger partial charge in [0.2, 0.25) is 16.0 Å². The summed E-state index contributed by atoms with van der Waals surface area (Å²) in [6.07, 6.45) is 1.78. The highest BCUT2D eigenvalue weighted by Crippen LogP contribution is 2.35. The van der Waals surface area contributed by atoms with E-state index in [1.807, 2.05) is 35.0 Å². The molecule has 1 saturated carbocycles. The van der Waals surface area contributed by atoms with Crippen molar-refractivity contribution < 1.29 is 8.42 Å². The van der Waals surface area contributed by atoms with Crippen LogP contribution in [0.3, 0.4) is 0 Å². The van der Waals surface area contributed by atoms with Gasteiger partial charge in [0.05, 0.1) is 20.6 Å². The summed E-state index contributed by atoms with van der Waals surface area (Å²) in [6, 6.07) is 11.1. The summed E-state index contributed by atoms with van der Waals surface area (Å²) in [7, 11) is -3.57. The number of rotatable bonds is 6. The van der Waals surface area contributed by atoms with Gasteiger partial charge in [-0.15, -0.1) is 0 Å². The molecule has 2 heterocycles. The van der Waals surface area contributed by atoms with Crippen LogP contribution in [0.2, 0.25) is 0 Å². The highest BCUT2D eigenvalue weighted by Gasteiger charge is 2.28. The molecule has 5 rings (SSSR count). The van der Waals surface area contributed by atoms with Gasteiger partial charge in [0.25, 0.3) is 0 Å². The smallest absolute Gasteiger partial charge is 0.240 e. The van der Waals surface area contributed by atoms with Gasteiger partial charge in [-0.25, -0.2) is 18.1 Å². The summed E-state index contributed by atoms with van der Waals surface area (Å²) < 4.78 is 30.0. The Bertz CT molecular complexity index is 1350. The van der Waals surface area contributed by atoms with Crippen LogP contribution in [0.1, 0.15) is 12.8 Å². The number of aromatic nitrogens is 2. The molecule has 2 aromatic carbocycles. The van der Waals surface area contributed by atoms with E-state index in [4.69, 9.17) is 0 Å². The molecule has 6 nitrogen and oxygen atoms in total. The van der Waals surface area contributed by atoms with Crippen molar-refractivity contribution in [1.82, 2.24) is 14.7 Å². The molecule has 1 aliphatic carbocycles. The molecular weight excluding hydrogens is 552 g/mol. The first kappa shape index (κ1) is 20.2. The fourth-order valence-corrected chi connectivity index (χ4v) is 5.90. The second-order valence-electron chi connectivity index (χ2n) is 7.08. The van der Waals surface area contributed by atoms with Crippen LogP contribution in [0.5, 0.6) is 0 Å². The first-order valence-electron chi connectivity index (χ1n) is 9.20. The van der Waals surface area contributed by atoms with E-state index in [0.717, 1.165) is 43.9 Å². The number of aromatic amines is 1. The van der Waals surface area contributed by atoms with Gasteiger partial charge in [-0.2, -0.15) is 11.3 Å². The van der Waals surface area contributed by atoms with Gasteiger partial charge in [-0.3, -0.25) is 0 Å². The number of thiophene rings is 1. The predicted molar refractivity (Wildman–Crippen MR) is 128 cm³/mol. The summed E-state index contributed by atoms with van der Waals surface area (Å²) in [6.45, 7) is 0. The second-order valence-corrected chi connectivity index (χ2v) is 11.2. The Hall–Kier alpha value is -1.72. The molecular formula is C20H16Br2N4O2S2. The first-order valence-corrected chi connectivity index (χ1v) is 13.2. The SMILES string of the molecule is O=S(=O)(NC1CC1)c1ccc(-c2ccsc2)c(Nc2nc3c(Br)c(Br)ccc3[nH]2)c1. The fraction of sp³-hybridized carbons (Fsp3) is 0.150. The molecule has 0 amide bonds. The van der Waals surface area contributed by atoms with Crippen molar-refractivity contribution in [3.8, 4) is 11.1 Å². The molecule has 0 saturated heterocycles. The van der Waals surface area contributed by atoms with E-state index in [-0.39, 0.29) is 10.9 Å². The average Bonchev–Trinajstić information content (AvgIpc) is 3.18. The number of H-pyrrole nitrogens is 1. The first-order chi connectivity index (χ1) is 14.4. The lowest BCUT2D eigenvalue weighted by Crippen LogP contribution is -2.25. The van der Waals surface area contributed by atoms with Crippen LogP contribution >= 0.6 is 43.2 Å². The average molecular weight is 568 g/mol. The van der Waals surface area contributed by atoms with Gasteiger partial charge in [-0.05, 0) is 91.4 Å². The van der Waals surface area contributed by atoms with Crippen molar-refractivity contribution in [2.75, 3.05) is 5.32 Å². The molecule has 2 aromatic heterocycles. The van der Waals surface area contributed by atoms with Gasteiger partial charge in [0.1, 0.15) is 5.52 Å². The number of sulfonamides is 1. The van der Waals surface area contributed by atoms with E-state index in [1.54, 1.807) is 23.5 Å². The van der Waals surface area contributed by atoms with Gasteiger partial charge < -0.3 is 10.3 Å². The van der Waals surface area contributed by atoms with Crippen LogP contribution in [0.15, 0.2) is 61.0 Å². The Labute approximate surface area is 194 Å². The van der Waals surface area contributed by atoms with Crippen LogP contribution in [0.4, 0.5) is 11.6 Å². The zero-order valence-electron chi connectivity index (χ0n) is 15.4. The molecule has 0 radical (unpaired) electrons. The number of anilines is 2. The lowest BCUT2D eigenvalue weighted by molar-refractivity contribution is 0.581. The third-order valence-electron chi connectivity index (χ3n) is 4.83. The Kier molecular flexibility index (Phi) is 5.22. The summed E-state index contributed by atoms with van der Waals surface area (Å²) in [5.74, 6) is 0.532. The molecule has 30 heavy (non-hydrogen) atoms. The lowest BCUT2D eigenvalue weighted by atomic mass is 10.1. The van der Waals surface area contributed by atoms with Crippen LogP contribution in [0, 0.1) is 0 Å². The number of benzene rings is 2. The van der Waals surface area contributed by atoms with Crippen LogP contribution in [-0.2, 0) is 10.0 Å². The van der Waals surface area contributed by atoms with E-state index in [2.05, 4.69) is 51.9 Å². The van der Waals surface area contributed by atoms with Crippen LogP contribution in [0.25, 0.3) is 22.2 Å². The molecule has 0 bridgehead atoms. The monoisotopic (exact) mass is 566 g/mol. The zero-order chi connectivity index (χ0) is 20.9. The van der Waals surface area contributed by atoms with Gasteiger partial charge >= 0.3 is 0 Å². The van der Waals surface area contributed by atoms with E-state index >= 15 is 0 Å². The van der Waals surface area contributed by atoms with E-state index in [1.165, 1.54) is 0 Å². The lowest BCUT2D eigenvalue weighted by Gasteiger charge is -2.13. The highest BCUT2D eigenvalue weighted by molar-refractivity contribution is 9.13. The van der Waals surface area contributed by atoms with Crippen LogP contribution < -0.4 is 10.0 Å². The molecule has 0 atom stereocenters. The van der Waals surface area contributed by atoms with Crippen molar-refractivity contribution in [2.24, 2.45) is 0 Å². The summed E-state index contributed by atoms with van der Waals surface area (Å²) in [4.78, 5) is 8.12. The van der Waals surface area contributed by atoms with Crippen molar-refractivity contribution in [3.05, 3.63) is 56.1 Å². The van der Waals surface area contributed by atoms with E-state index in [0.29, 0.717) is 11.6 Å². The minimum atomic E-state index is -3.57. The third-order valence-corrected chi connectivity index (χ3v) is 9.03. The maximum atomic E-state index is 12.7. The predicted octanol–water partition coefficient (Wildman–Crippen LogP) is 6.00. The fourth-order valence-electron chi connectivity index (χ4n) is 3.16. The maximum absolute atomic E-state index is 12.7. The van der Waals surface area contributed by atoms with Gasteiger partial charge in [0.15, 0.2) is 0 Å². The number of hydrogen-bond acceptors (Lipinski definition) is 5. The molecule has 0 aliphatic heterocycles. The van der Waals surface area contributed by atoms with Crippen molar-refractivity contribution in [1.29, 1.82) is 0 Å². The Balaban J connectivity index is 1.58. The van der Waals surface area contributed by atoms with Crippen LogP contribution in [-0.4, -0.2) is 24.4 Å².